The fraction of sp³-hybridized carbons (Fsp3) is 0.0667. The van der Waals surface area contributed by atoms with Crippen molar-refractivity contribution in [1.29, 1.82) is 0 Å². The largest absolute Gasteiger partial charge is 0.321 e. The molecule has 0 unspecified atom stereocenters. The molecule has 19 heavy (non-hydrogen) atoms. The Morgan fingerprint density at radius 2 is 1.53 bits per heavy atom. The molecular weight excluding hydrogens is 262 g/mol. The minimum Gasteiger partial charge on any atom is -0.321 e. The molecule has 0 aliphatic rings. The van der Waals surface area contributed by atoms with Crippen LogP contribution in [0.3, 0.4) is 0 Å². The summed E-state index contributed by atoms with van der Waals surface area (Å²) in [6.07, 6.45) is 0. The highest BCUT2D eigenvalue weighted by Gasteiger charge is 2.13. The SMILES string of the molecule is CC(=O)c1ccccc1NC(=O)c1ccccc1Cl. The number of nitrogens with one attached hydrogen (secondary N) is 1. The van der Waals surface area contributed by atoms with E-state index in [-0.39, 0.29) is 11.7 Å². The predicted molar refractivity (Wildman–Crippen MR) is 75.9 cm³/mol. The fourth-order valence-electron chi connectivity index (χ4n) is 1.73. The molecule has 0 atom stereocenters. The normalized spacial score (nSPS) is 10.0. The second-order valence-electron chi connectivity index (χ2n) is 4.04. The van der Waals surface area contributed by atoms with Gasteiger partial charge in [0.15, 0.2) is 5.78 Å². The number of hydrogen-bond donors (Lipinski definition) is 1. The predicted octanol–water partition coefficient (Wildman–Crippen LogP) is 3.79. The van der Waals surface area contributed by atoms with E-state index in [4.69, 9.17) is 11.6 Å². The standard InChI is InChI=1S/C15H12ClNO2/c1-10(18)11-6-3-5-9-14(11)17-15(19)12-7-2-4-8-13(12)16/h2-9H,1H3,(H,17,19). The van der Waals surface area contributed by atoms with Crippen molar-refractivity contribution in [2.24, 2.45) is 0 Å². The summed E-state index contributed by atoms with van der Waals surface area (Å²) < 4.78 is 0. The lowest BCUT2D eigenvalue weighted by Crippen LogP contribution is -2.14. The number of benzene rings is 2. The second-order valence-corrected chi connectivity index (χ2v) is 4.44. The van der Waals surface area contributed by atoms with Crippen molar-refractivity contribution in [1.82, 2.24) is 0 Å². The number of rotatable bonds is 3. The van der Waals surface area contributed by atoms with E-state index in [9.17, 15) is 9.59 Å². The van der Waals surface area contributed by atoms with Gasteiger partial charge in [-0.3, -0.25) is 9.59 Å². The third-order valence-electron chi connectivity index (χ3n) is 2.67. The average Bonchev–Trinajstić information content (AvgIpc) is 2.39. The number of ketones is 1. The molecule has 2 aromatic carbocycles. The van der Waals surface area contributed by atoms with Crippen LogP contribution in [0.5, 0.6) is 0 Å². The van der Waals surface area contributed by atoms with Gasteiger partial charge in [0.2, 0.25) is 0 Å². The molecule has 0 heterocycles. The Balaban J connectivity index is 2.30. The van der Waals surface area contributed by atoms with Gasteiger partial charge in [-0.15, -0.1) is 0 Å². The first-order valence-electron chi connectivity index (χ1n) is 5.75. The first-order chi connectivity index (χ1) is 9.09. The number of carbonyl (C=O) groups excluding carboxylic acids is 2. The summed E-state index contributed by atoms with van der Waals surface area (Å²) >= 11 is 5.96. The zero-order chi connectivity index (χ0) is 13.8. The van der Waals surface area contributed by atoms with Crippen molar-refractivity contribution in [3.05, 3.63) is 64.7 Å². The van der Waals surface area contributed by atoms with E-state index in [0.717, 1.165) is 0 Å². The van der Waals surface area contributed by atoms with Gasteiger partial charge in [-0.05, 0) is 31.2 Å². The molecule has 96 valence electrons. The van der Waals surface area contributed by atoms with E-state index >= 15 is 0 Å². The van der Waals surface area contributed by atoms with Crippen LogP contribution < -0.4 is 5.32 Å². The summed E-state index contributed by atoms with van der Waals surface area (Å²) in [5.74, 6) is -0.436. The molecule has 0 fully saturated rings. The molecule has 0 radical (unpaired) electrons. The molecule has 4 heteroatoms. The monoisotopic (exact) mass is 273 g/mol. The van der Waals surface area contributed by atoms with Crippen LogP contribution in [0.4, 0.5) is 5.69 Å². The zero-order valence-electron chi connectivity index (χ0n) is 10.3. The molecule has 0 aliphatic heterocycles. The lowest BCUT2D eigenvalue weighted by molar-refractivity contribution is 0.101. The van der Waals surface area contributed by atoms with Gasteiger partial charge in [0.1, 0.15) is 0 Å². The Hall–Kier alpha value is -2.13. The molecule has 0 spiro atoms. The van der Waals surface area contributed by atoms with Crippen molar-refractivity contribution in [3.63, 3.8) is 0 Å². The average molecular weight is 274 g/mol. The van der Waals surface area contributed by atoms with Gasteiger partial charge < -0.3 is 5.32 Å². The molecule has 0 saturated heterocycles. The number of hydrogen-bond acceptors (Lipinski definition) is 2. The first kappa shape index (κ1) is 13.3. The molecule has 1 N–H and O–H groups in total. The second kappa shape index (κ2) is 5.67. The molecule has 0 bridgehead atoms. The van der Waals surface area contributed by atoms with E-state index in [0.29, 0.717) is 21.8 Å². The molecular formula is C15H12ClNO2. The summed E-state index contributed by atoms with van der Waals surface area (Å²) in [6, 6.07) is 13.6. The summed E-state index contributed by atoms with van der Waals surface area (Å²) in [4.78, 5) is 23.6. The van der Waals surface area contributed by atoms with Crippen LogP contribution in [0.1, 0.15) is 27.6 Å². The maximum absolute atomic E-state index is 12.1. The number of para-hydroxylation sites is 1. The summed E-state index contributed by atoms with van der Waals surface area (Å²) in [6.45, 7) is 1.46. The quantitative estimate of drug-likeness (QED) is 0.865. The highest BCUT2D eigenvalue weighted by Crippen LogP contribution is 2.20. The first-order valence-corrected chi connectivity index (χ1v) is 6.13. The van der Waals surface area contributed by atoms with Gasteiger partial charge >= 0.3 is 0 Å². The number of halogens is 1. The van der Waals surface area contributed by atoms with Crippen LogP contribution in [0.15, 0.2) is 48.5 Å². The van der Waals surface area contributed by atoms with E-state index in [2.05, 4.69) is 5.32 Å². The molecule has 0 aromatic heterocycles. The molecule has 0 aliphatic carbocycles. The third kappa shape index (κ3) is 3.01. The van der Waals surface area contributed by atoms with Gasteiger partial charge in [-0.25, -0.2) is 0 Å². The highest BCUT2D eigenvalue weighted by molar-refractivity contribution is 6.34. The molecule has 2 aromatic rings. The van der Waals surface area contributed by atoms with Crippen LogP contribution in [0.25, 0.3) is 0 Å². The molecule has 2 rings (SSSR count). The summed E-state index contributed by atoms with van der Waals surface area (Å²) in [5.41, 5.74) is 1.34. The van der Waals surface area contributed by atoms with Crippen molar-refractivity contribution >= 4 is 29.0 Å². The summed E-state index contributed by atoms with van der Waals surface area (Å²) in [5, 5.41) is 3.08. The fourth-order valence-corrected chi connectivity index (χ4v) is 1.96. The smallest absolute Gasteiger partial charge is 0.257 e. The Kier molecular flexibility index (Phi) is 3.97. The van der Waals surface area contributed by atoms with Crippen molar-refractivity contribution in [2.45, 2.75) is 6.92 Å². The Labute approximate surface area is 116 Å². The number of amides is 1. The number of Topliss-reactive ketones (excluding diaryl/α,β-unsaturated/α-hetero) is 1. The van der Waals surface area contributed by atoms with E-state index in [1.807, 2.05) is 0 Å². The van der Waals surface area contributed by atoms with Crippen LogP contribution in [-0.4, -0.2) is 11.7 Å². The van der Waals surface area contributed by atoms with Crippen LogP contribution in [-0.2, 0) is 0 Å². The maximum Gasteiger partial charge on any atom is 0.257 e. The van der Waals surface area contributed by atoms with Crippen molar-refractivity contribution in [2.75, 3.05) is 5.32 Å². The van der Waals surface area contributed by atoms with Gasteiger partial charge in [0.05, 0.1) is 16.3 Å². The Bertz CT molecular complexity index is 638. The molecule has 1 amide bonds. The van der Waals surface area contributed by atoms with Crippen LogP contribution in [0, 0.1) is 0 Å². The topological polar surface area (TPSA) is 46.2 Å². The lowest BCUT2D eigenvalue weighted by Gasteiger charge is -2.09. The minimum absolute atomic E-state index is 0.102. The van der Waals surface area contributed by atoms with E-state index in [1.54, 1.807) is 48.5 Å². The highest BCUT2D eigenvalue weighted by atomic mass is 35.5. The van der Waals surface area contributed by atoms with Gasteiger partial charge in [-0.1, -0.05) is 35.9 Å². The summed E-state index contributed by atoms with van der Waals surface area (Å²) in [7, 11) is 0. The van der Waals surface area contributed by atoms with Crippen molar-refractivity contribution in [3.8, 4) is 0 Å². The maximum atomic E-state index is 12.1. The molecule has 0 saturated carbocycles. The van der Waals surface area contributed by atoms with E-state index in [1.165, 1.54) is 6.92 Å². The number of anilines is 1. The third-order valence-corrected chi connectivity index (χ3v) is 3.00. The van der Waals surface area contributed by atoms with Crippen LogP contribution in [0.2, 0.25) is 5.02 Å². The number of carbonyl (C=O) groups is 2. The Morgan fingerprint density at radius 3 is 2.16 bits per heavy atom. The molecule has 3 nitrogen and oxygen atoms in total. The van der Waals surface area contributed by atoms with Gasteiger partial charge in [-0.2, -0.15) is 0 Å². The van der Waals surface area contributed by atoms with E-state index < -0.39 is 0 Å². The van der Waals surface area contributed by atoms with Gasteiger partial charge in [0, 0.05) is 5.56 Å². The Morgan fingerprint density at radius 1 is 0.947 bits per heavy atom. The van der Waals surface area contributed by atoms with Crippen molar-refractivity contribution < 1.29 is 9.59 Å². The lowest BCUT2D eigenvalue weighted by atomic mass is 10.1. The minimum atomic E-state index is -0.334. The zero-order valence-corrected chi connectivity index (χ0v) is 11.1. The van der Waals surface area contributed by atoms with Gasteiger partial charge in [0.25, 0.3) is 5.91 Å². The van der Waals surface area contributed by atoms with Crippen LogP contribution >= 0.6 is 11.6 Å².